The van der Waals surface area contributed by atoms with Crippen molar-refractivity contribution in [1.29, 1.82) is 0 Å². The van der Waals surface area contributed by atoms with Crippen LogP contribution < -0.4 is 5.32 Å². The smallest absolute Gasteiger partial charge is 0.227 e. The molecule has 1 amide bonds. The summed E-state index contributed by atoms with van der Waals surface area (Å²) in [7, 11) is 0. The molecule has 2 atom stereocenters. The van der Waals surface area contributed by atoms with Gasteiger partial charge in [0.05, 0.1) is 5.92 Å². The number of rotatable bonds is 4. The first kappa shape index (κ1) is 12.5. The van der Waals surface area contributed by atoms with Crippen LogP contribution in [-0.4, -0.2) is 36.5 Å². The van der Waals surface area contributed by atoms with E-state index in [-0.39, 0.29) is 5.92 Å². The van der Waals surface area contributed by atoms with Crippen LogP contribution >= 0.6 is 0 Å². The summed E-state index contributed by atoms with van der Waals surface area (Å²) < 4.78 is 0. The molecule has 3 nitrogen and oxygen atoms in total. The zero-order valence-corrected chi connectivity index (χ0v) is 10.4. The highest BCUT2D eigenvalue weighted by molar-refractivity contribution is 5.79. The van der Waals surface area contributed by atoms with E-state index in [0.29, 0.717) is 17.9 Å². The summed E-state index contributed by atoms with van der Waals surface area (Å²) >= 11 is 0. The second-order valence-electron chi connectivity index (χ2n) is 4.91. The lowest BCUT2D eigenvalue weighted by molar-refractivity contribution is -0.136. The van der Waals surface area contributed by atoms with Gasteiger partial charge in [0, 0.05) is 19.1 Å². The minimum Gasteiger partial charge on any atom is -0.342 e. The molecule has 88 valence electrons. The van der Waals surface area contributed by atoms with Crippen molar-refractivity contribution in [1.82, 2.24) is 10.2 Å². The molecule has 1 N–H and O–H groups in total. The maximum absolute atomic E-state index is 12.2. The van der Waals surface area contributed by atoms with Crippen molar-refractivity contribution in [2.45, 2.75) is 40.2 Å². The van der Waals surface area contributed by atoms with Gasteiger partial charge in [-0.05, 0) is 32.7 Å². The van der Waals surface area contributed by atoms with Crippen LogP contribution in [0.4, 0.5) is 0 Å². The zero-order chi connectivity index (χ0) is 11.4. The van der Waals surface area contributed by atoms with Crippen LogP contribution in [0.15, 0.2) is 0 Å². The lowest BCUT2D eigenvalue weighted by Gasteiger charge is -2.27. The summed E-state index contributed by atoms with van der Waals surface area (Å²) in [5.74, 6) is 1.09. The quantitative estimate of drug-likeness (QED) is 0.765. The summed E-state index contributed by atoms with van der Waals surface area (Å²) in [5.41, 5.74) is 0. The molecule has 0 saturated carbocycles. The number of hydrogen-bond donors (Lipinski definition) is 1. The van der Waals surface area contributed by atoms with Crippen molar-refractivity contribution in [3.05, 3.63) is 0 Å². The Morgan fingerprint density at radius 1 is 1.53 bits per heavy atom. The summed E-state index contributed by atoms with van der Waals surface area (Å²) in [6.07, 6.45) is 0.995. The van der Waals surface area contributed by atoms with Crippen LogP contribution in [0, 0.1) is 11.8 Å². The van der Waals surface area contributed by atoms with Crippen LogP contribution in [0.5, 0.6) is 0 Å². The van der Waals surface area contributed by atoms with Gasteiger partial charge >= 0.3 is 0 Å². The molecule has 2 unspecified atom stereocenters. The molecule has 0 radical (unpaired) electrons. The van der Waals surface area contributed by atoms with Crippen molar-refractivity contribution < 1.29 is 4.79 Å². The third-order valence-electron chi connectivity index (χ3n) is 3.12. The van der Waals surface area contributed by atoms with E-state index in [4.69, 9.17) is 0 Å². The second kappa shape index (κ2) is 5.50. The molecular weight excluding hydrogens is 188 g/mol. The molecule has 0 aromatic rings. The third-order valence-corrected chi connectivity index (χ3v) is 3.12. The van der Waals surface area contributed by atoms with Crippen LogP contribution in [-0.2, 0) is 4.79 Å². The third kappa shape index (κ3) is 3.20. The molecule has 0 spiro atoms. The summed E-state index contributed by atoms with van der Waals surface area (Å²) in [6.45, 7) is 11.2. The molecule has 0 aliphatic carbocycles. The Labute approximate surface area is 93.2 Å². The van der Waals surface area contributed by atoms with Gasteiger partial charge in [0.15, 0.2) is 0 Å². The van der Waals surface area contributed by atoms with Gasteiger partial charge in [-0.2, -0.15) is 0 Å². The normalized spacial score (nSPS) is 25.9. The van der Waals surface area contributed by atoms with E-state index in [2.05, 4.69) is 33.0 Å². The number of carbonyl (C=O) groups excluding carboxylic acids is 1. The Balaban J connectivity index is 2.55. The molecule has 1 fully saturated rings. The summed E-state index contributed by atoms with van der Waals surface area (Å²) in [5, 5.41) is 3.34. The highest BCUT2D eigenvalue weighted by Gasteiger charge is 2.32. The minimum atomic E-state index is 0.198. The first-order valence-electron chi connectivity index (χ1n) is 6.08. The number of nitrogens with one attached hydrogen (secondary N) is 1. The zero-order valence-electron chi connectivity index (χ0n) is 10.4. The van der Waals surface area contributed by atoms with Gasteiger partial charge in [-0.3, -0.25) is 4.79 Å². The monoisotopic (exact) mass is 212 g/mol. The second-order valence-corrected chi connectivity index (χ2v) is 4.91. The minimum absolute atomic E-state index is 0.198. The summed E-state index contributed by atoms with van der Waals surface area (Å²) in [6, 6.07) is 0.346. The fraction of sp³-hybridized carbons (Fsp3) is 0.917. The first-order chi connectivity index (χ1) is 7.06. The molecule has 1 saturated heterocycles. The van der Waals surface area contributed by atoms with E-state index < -0.39 is 0 Å². The SMILES string of the molecule is CCN(CC(C)C)C(=O)C1CCNC1C. The van der Waals surface area contributed by atoms with Crippen molar-refractivity contribution in [2.24, 2.45) is 11.8 Å². The molecule has 1 heterocycles. The predicted octanol–water partition coefficient (Wildman–Crippen LogP) is 1.49. The Bertz CT molecular complexity index is 216. The van der Waals surface area contributed by atoms with E-state index in [1.807, 2.05) is 4.90 Å². The molecule has 0 aromatic carbocycles. The Morgan fingerprint density at radius 2 is 2.20 bits per heavy atom. The first-order valence-corrected chi connectivity index (χ1v) is 6.08. The topological polar surface area (TPSA) is 32.3 Å². The molecular formula is C12H24N2O. The number of carbonyl (C=O) groups is 1. The van der Waals surface area contributed by atoms with Gasteiger partial charge in [0.1, 0.15) is 0 Å². The fourth-order valence-corrected chi connectivity index (χ4v) is 2.25. The lowest BCUT2D eigenvalue weighted by Crippen LogP contribution is -2.41. The van der Waals surface area contributed by atoms with Crippen molar-refractivity contribution in [2.75, 3.05) is 19.6 Å². The highest BCUT2D eigenvalue weighted by atomic mass is 16.2. The number of hydrogen-bond acceptors (Lipinski definition) is 2. The van der Waals surface area contributed by atoms with Gasteiger partial charge < -0.3 is 10.2 Å². The van der Waals surface area contributed by atoms with Crippen molar-refractivity contribution in [3.63, 3.8) is 0 Å². The van der Waals surface area contributed by atoms with Crippen LogP contribution in [0.3, 0.4) is 0 Å². The van der Waals surface area contributed by atoms with E-state index in [9.17, 15) is 4.79 Å². The Hall–Kier alpha value is -0.570. The average Bonchev–Trinajstić information content (AvgIpc) is 2.59. The molecule has 0 aromatic heterocycles. The Morgan fingerprint density at radius 3 is 2.60 bits per heavy atom. The molecule has 1 aliphatic rings. The fourth-order valence-electron chi connectivity index (χ4n) is 2.25. The average molecular weight is 212 g/mol. The Kier molecular flexibility index (Phi) is 4.58. The molecule has 3 heteroatoms. The standard InChI is InChI=1S/C12H24N2O/c1-5-14(8-9(2)3)12(15)11-6-7-13-10(11)4/h9-11,13H,5-8H2,1-4H3. The maximum atomic E-state index is 12.2. The maximum Gasteiger partial charge on any atom is 0.227 e. The van der Waals surface area contributed by atoms with E-state index in [0.717, 1.165) is 26.1 Å². The highest BCUT2D eigenvalue weighted by Crippen LogP contribution is 2.18. The molecule has 1 aliphatic heterocycles. The number of nitrogens with zero attached hydrogens (tertiary/aromatic N) is 1. The van der Waals surface area contributed by atoms with Crippen LogP contribution in [0.2, 0.25) is 0 Å². The van der Waals surface area contributed by atoms with Gasteiger partial charge in [-0.1, -0.05) is 13.8 Å². The van der Waals surface area contributed by atoms with E-state index in [1.165, 1.54) is 0 Å². The van der Waals surface area contributed by atoms with Gasteiger partial charge in [-0.25, -0.2) is 0 Å². The van der Waals surface area contributed by atoms with Gasteiger partial charge in [-0.15, -0.1) is 0 Å². The van der Waals surface area contributed by atoms with Crippen molar-refractivity contribution in [3.8, 4) is 0 Å². The van der Waals surface area contributed by atoms with E-state index >= 15 is 0 Å². The molecule has 1 rings (SSSR count). The number of amides is 1. The largest absolute Gasteiger partial charge is 0.342 e. The van der Waals surface area contributed by atoms with Crippen LogP contribution in [0.25, 0.3) is 0 Å². The predicted molar refractivity (Wildman–Crippen MR) is 62.7 cm³/mol. The molecule has 15 heavy (non-hydrogen) atoms. The molecule has 0 bridgehead atoms. The van der Waals surface area contributed by atoms with Crippen molar-refractivity contribution >= 4 is 5.91 Å². The van der Waals surface area contributed by atoms with E-state index in [1.54, 1.807) is 0 Å². The van der Waals surface area contributed by atoms with Gasteiger partial charge in [0.2, 0.25) is 5.91 Å². The van der Waals surface area contributed by atoms with Gasteiger partial charge in [0.25, 0.3) is 0 Å². The van der Waals surface area contributed by atoms with Crippen LogP contribution in [0.1, 0.15) is 34.1 Å². The summed E-state index contributed by atoms with van der Waals surface area (Å²) in [4.78, 5) is 14.2. The lowest BCUT2D eigenvalue weighted by atomic mass is 10.00.